The summed E-state index contributed by atoms with van der Waals surface area (Å²) in [5.41, 5.74) is 5.75. The van der Waals surface area contributed by atoms with E-state index in [-0.39, 0.29) is 11.8 Å². The van der Waals surface area contributed by atoms with Gasteiger partial charge < -0.3 is 5.73 Å². The van der Waals surface area contributed by atoms with Crippen molar-refractivity contribution >= 4 is 23.6 Å². The third-order valence-electron chi connectivity index (χ3n) is 4.74. The minimum Gasteiger partial charge on any atom is -0.320 e. The molecule has 0 aliphatic carbocycles. The molecule has 0 aromatic heterocycles. The number of nitrogens with one attached hydrogen (secondary N) is 1. The Labute approximate surface area is 165 Å². The zero-order valence-corrected chi connectivity index (χ0v) is 18.0. The van der Waals surface area contributed by atoms with E-state index in [1.165, 1.54) is 70.6 Å². The van der Waals surface area contributed by atoms with Crippen LogP contribution in [0.2, 0.25) is 0 Å². The molecule has 4 nitrogen and oxygen atoms in total. The monoisotopic (exact) mass is 386 g/mol. The van der Waals surface area contributed by atoms with E-state index < -0.39 is 6.04 Å². The minimum absolute atomic E-state index is 0.183. The first kappa shape index (κ1) is 25.4. The summed E-state index contributed by atoms with van der Waals surface area (Å²) in [6.45, 7) is 2.26. The topological polar surface area (TPSA) is 72.2 Å². The second-order valence-corrected chi connectivity index (χ2v) is 8.28. The summed E-state index contributed by atoms with van der Waals surface area (Å²) in [7, 11) is 0. The molecule has 0 aromatic carbocycles. The van der Waals surface area contributed by atoms with Gasteiger partial charge in [-0.2, -0.15) is 11.8 Å². The third-order valence-corrected chi connectivity index (χ3v) is 5.38. The normalized spacial score (nSPS) is 12.1. The van der Waals surface area contributed by atoms with Gasteiger partial charge in [-0.3, -0.25) is 14.9 Å². The van der Waals surface area contributed by atoms with E-state index in [0.717, 1.165) is 18.6 Å². The van der Waals surface area contributed by atoms with Crippen LogP contribution in [0.15, 0.2) is 0 Å². The number of carbonyl (C=O) groups is 2. The second kappa shape index (κ2) is 19.2. The number of hydrogen-bond acceptors (Lipinski definition) is 4. The Morgan fingerprint density at radius 3 is 1.77 bits per heavy atom. The predicted molar refractivity (Wildman–Crippen MR) is 114 cm³/mol. The maximum absolute atomic E-state index is 11.7. The molecular formula is C21H42N2O2S. The number of nitrogens with two attached hydrogens (primary N) is 1. The van der Waals surface area contributed by atoms with Crippen LogP contribution in [0.3, 0.4) is 0 Å². The second-order valence-electron chi connectivity index (χ2n) is 7.29. The molecule has 154 valence electrons. The first-order chi connectivity index (χ1) is 12.6. The van der Waals surface area contributed by atoms with Crippen LogP contribution in [0.1, 0.15) is 103 Å². The molecule has 2 amide bonds. The maximum atomic E-state index is 11.7. The average Bonchev–Trinajstić information content (AvgIpc) is 2.63. The molecule has 0 saturated carbocycles. The van der Waals surface area contributed by atoms with Crippen molar-refractivity contribution in [2.24, 2.45) is 5.73 Å². The van der Waals surface area contributed by atoms with Crippen LogP contribution in [0.25, 0.3) is 0 Å². The molecule has 0 heterocycles. The molecule has 0 aliphatic rings. The maximum Gasteiger partial charge on any atom is 0.243 e. The molecule has 0 aliphatic heterocycles. The summed E-state index contributed by atoms with van der Waals surface area (Å²) in [4.78, 5) is 23.5. The first-order valence-corrected chi connectivity index (χ1v) is 12.1. The van der Waals surface area contributed by atoms with Crippen LogP contribution in [-0.4, -0.2) is 29.9 Å². The largest absolute Gasteiger partial charge is 0.320 e. The molecule has 3 N–H and O–H groups in total. The van der Waals surface area contributed by atoms with Crippen LogP contribution in [0, 0.1) is 0 Å². The Bertz CT molecular complexity index is 351. The minimum atomic E-state index is -0.571. The molecule has 0 saturated heterocycles. The van der Waals surface area contributed by atoms with E-state index in [0.29, 0.717) is 12.8 Å². The molecule has 0 bridgehead atoms. The van der Waals surface area contributed by atoms with Gasteiger partial charge in [-0.15, -0.1) is 0 Å². The van der Waals surface area contributed by atoms with Crippen LogP contribution in [0.5, 0.6) is 0 Å². The van der Waals surface area contributed by atoms with E-state index in [4.69, 9.17) is 5.73 Å². The Hall–Kier alpha value is -0.550. The summed E-state index contributed by atoms with van der Waals surface area (Å²) in [5.74, 6) is 0.318. The molecule has 0 unspecified atom stereocenters. The number of rotatable bonds is 18. The standard InChI is InChI=1S/C21H42N2O2S/c1-3-4-5-6-7-8-9-10-11-12-13-14-15-16-20(24)23-21(25)19(22)17-18-26-2/h19H,3-18,22H2,1-2H3,(H,23,24,25)/t19-/m0/s1. The van der Waals surface area contributed by atoms with Crippen LogP contribution < -0.4 is 11.1 Å². The zero-order valence-electron chi connectivity index (χ0n) is 17.2. The van der Waals surface area contributed by atoms with Crippen molar-refractivity contribution in [3.8, 4) is 0 Å². The SMILES string of the molecule is CCCCCCCCCCCCCCCC(=O)NC(=O)[C@@H](N)CCSC. The van der Waals surface area contributed by atoms with Gasteiger partial charge in [-0.1, -0.05) is 84.0 Å². The average molecular weight is 387 g/mol. The molecule has 1 atom stereocenters. The van der Waals surface area contributed by atoms with Gasteiger partial charge in [0, 0.05) is 6.42 Å². The van der Waals surface area contributed by atoms with E-state index in [1.807, 2.05) is 6.26 Å². The quantitative estimate of drug-likeness (QED) is 0.318. The van der Waals surface area contributed by atoms with Crippen molar-refractivity contribution in [2.75, 3.05) is 12.0 Å². The lowest BCUT2D eigenvalue weighted by Gasteiger charge is -2.10. The van der Waals surface area contributed by atoms with Gasteiger partial charge in [0.05, 0.1) is 6.04 Å². The lowest BCUT2D eigenvalue weighted by molar-refractivity contribution is -0.131. The molecule has 0 rings (SSSR count). The highest BCUT2D eigenvalue weighted by Gasteiger charge is 2.15. The van der Waals surface area contributed by atoms with Gasteiger partial charge in [0.2, 0.25) is 11.8 Å². The lowest BCUT2D eigenvalue weighted by atomic mass is 10.0. The van der Waals surface area contributed by atoms with Crippen molar-refractivity contribution < 1.29 is 9.59 Å². The first-order valence-electron chi connectivity index (χ1n) is 10.7. The van der Waals surface area contributed by atoms with Crippen LogP contribution >= 0.6 is 11.8 Å². The van der Waals surface area contributed by atoms with Crippen LogP contribution in [0.4, 0.5) is 0 Å². The highest BCUT2D eigenvalue weighted by Crippen LogP contribution is 2.12. The fraction of sp³-hybridized carbons (Fsp3) is 0.905. The highest BCUT2D eigenvalue weighted by molar-refractivity contribution is 7.98. The van der Waals surface area contributed by atoms with Crippen LogP contribution in [-0.2, 0) is 9.59 Å². The van der Waals surface area contributed by atoms with Crippen molar-refractivity contribution in [3.05, 3.63) is 0 Å². The predicted octanol–water partition coefficient (Wildman–Crippen LogP) is 5.19. The number of thioether (sulfide) groups is 1. The molecule has 5 heteroatoms. The van der Waals surface area contributed by atoms with Gasteiger partial charge >= 0.3 is 0 Å². The third kappa shape index (κ3) is 16.9. The molecular weight excluding hydrogens is 344 g/mol. The van der Waals surface area contributed by atoms with Crippen molar-refractivity contribution in [1.29, 1.82) is 0 Å². The fourth-order valence-corrected chi connectivity index (χ4v) is 3.46. The van der Waals surface area contributed by atoms with Crippen molar-refractivity contribution in [2.45, 2.75) is 109 Å². The molecule has 0 fully saturated rings. The summed E-state index contributed by atoms with van der Waals surface area (Å²) in [5, 5.41) is 2.42. The Kier molecular flexibility index (Phi) is 18.8. The fourth-order valence-electron chi connectivity index (χ4n) is 2.97. The van der Waals surface area contributed by atoms with E-state index in [9.17, 15) is 9.59 Å². The summed E-state index contributed by atoms with van der Waals surface area (Å²) >= 11 is 1.65. The van der Waals surface area contributed by atoms with Gasteiger partial charge in [0.25, 0.3) is 0 Å². The van der Waals surface area contributed by atoms with E-state index >= 15 is 0 Å². The van der Waals surface area contributed by atoms with Gasteiger partial charge in [0.1, 0.15) is 0 Å². The Morgan fingerprint density at radius 1 is 0.846 bits per heavy atom. The summed E-state index contributed by atoms with van der Waals surface area (Å²) in [6, 6.07) is -0.571. The molecule has 0 aromatic rings. The Balaban J connectivity index is 3.36. The van der Waals surface area contributed by atoms with E-state index in [2.05, 4.69) is 12.2 Å². The number of unbranched alkanes of at least 4 members (excludes halogenated alkanes) is 12. The summed E-state index contributed by atoms with van der Waals surface area (Å²) < 4.78 is 0. The molecule has 0 spiro atoms. The zero-order chi connectivity index (χ0) is 19.5. The molecule has 26 heavy (non-hydrogen) atoms. The lowest BCUT2D eigenvalue weighted by Crippen LogP contribution is -2.43. The number of hydrogen-bond donors (Lipinski definition) is 2. The van der Waals surface area contributed by atoms with E-state index in [1.54, 1.807) is 11.8 Å². The smallest absolute Gasteiger partial charge is 0.243 e. The number of imide groups is 1. The van der Waals surface area contributed by atoms with Gasteiger partial charge in [0.15, 0.2) is 0 Å². The highest BCUT2D eigenvalue weighted by atomic mass is 32.2. The number of carbonyl (C=O) groups excluding carboxylic acids is 2. The Morgan fingerprint density at radius 2 is 1.31 bits per heavy atom. The number of amides is 2. The van der Waals surface area contributed by atoms with Crippen molar-refractivity contribution in [3.63, 3.8) is 0 Å². The van der Waals surface area contributed by atoms with Crippen molar-refractivity contribution in [1.82, 2.24) is 5.32 Å². The summed E-state index contributed by atoms with van der Waals surface area (Å²) in [6.07, 6.45) is 19.7. The van der Waals surface area contributed by atoms with Gasteiger partial charge in [-0.25, -0.2) is 0 Å². The van der Waals surface area contributed by atoms with Gasteiger partial charge in [-0.05, 0) is 24.9 Å². The molecule has 0 radical (unpaired) electrons.